The minimum Gasteiger partial charge on any atom is -0.490 e. The highest BCUT2D eigenvalue weighted by Gasteiger charge is 2.33. The second-order valence-electron chi connectivity index (χ2n) is 5.49. The summed E-state index contributed by atoms with van der Waals surface area (Å²) in [5.74, 6) is -1.24. The van der Waals surface area contributed by atoms with Crippen molar-refractivity contribution in [1.29, 1.82) is 5.26 Å². The van der Waals surface area contributed by atoms with Crippen molar-refractivity contribution >= 4 is 11.7 Å². The fourth-order valence-corrected chi connectivity index (χ4v) is 2.72. The van der Waals surface area contributed by atoms with E-state index in [-0.39, 0.29) is 5.56 Å². The molecule has 6 heteroatoms. The molecule has 24 heavy (non-hydrogen) atoms. The Kier molecular flexibility index (Phi) is 6.19. The maximum atomic E-state index is 12.6. The van der Waals surface area contributed by atoms with E-state index in [4.69, 9.17) is 9.47 Å². The monoisotopic (exact) mass is 330 g/mol. The van der Waals surface area contributed by atoms with E-state index >= 15 is 0 Å². The van der Waals surface area contributed by atoms with Crippen molar-refractivity contribution < 1.29 is 19.1 Å². The van der Waals surface area contributed by atoms with Crippen molar-refractivity contribution in [2.75, 3.05) is 26.3 Å². The van der Waals surface area contributed by atoms with E-state index < -0.39 is 17.6 Å². The van der Waals surface area contributed by atoms with Gasteiger partial charge in [0.05, 0.1) is 19.3 Å². The van der Waals surface area contributed by atoms with Crippen molar-refractivity contribution in [2.24, 2.45) is 5.92 Å². The van der Waals surface area contributed by atoms with Crippen molar-refractivity contribution in [2.45, 2.75) is 26.7 Å². The van der Waals surface area contributed by atoms with Crippen LogP contribution in [-0.2, 0) is 4.79 Å². The number of hydrogen-bond acceptors (Lipinski definition) is 5. The van der Waals surface area contributed by atoms with Gasteiger partial charge in [0, 0.05) is 18.7 Å². The highest BCUT2D eigenvalue weighted by atomic mass is 16.5. The molecule has 0 aromatic heterocycles. The maximum Gasteiger partial charge on any atom is 0.247 e. The second-order valence-corrected chi connectivity index (χ2v) is 5.49. The molecule has 1 aromatic rings. The van der Waals surface area contributed by atoms with Gasteiger partial charge in [0.25, 0.3) is 0 Å². The Hall–Kier alpha value is -2.55. The Labute approximate surface area is 142 Å². The summed E-state index contributed by atoms with van der Waals surface area (Å²) in [5, 5.41) is 9.33. The smallest absolute Gasteiger partial charge is 0.247 e. The number of carbonyl (C=O) groups excluding carboxylic acids is 2. The van der Waals surface area contributed by atoms with Crippen LogP contribution in [0.4, 0.5) is 0 Å². The zero-order valence-electron chi connectivity index (χ0n) is 14.1. The van der Waals surface area contributed by atoms with E-state index in [9.17, 15) is 14.9 Å². The fourth-order valence-electron chi connectivity index (χ4n) is 2.72. The van der Waals surface area contributed by atoms with Crippen LogP contribution in [0.2, 0.25) is 0 Å². The summed E-state index contributed by atoms with van der Waals surface area (Å²) < 4.78 is 11.0. The Bertz CT molecular complexity index is 645. The number of benzene rings is 1. The minimum atomic E-state index is -1.31. The van der Waals surface area contributed by atoms with E-state index in [0.717, 1.165) is 12.8 Å². The largest absolute Gasteiger partial charge is 0.490 e. The lowest BCUT2D eigenvalue weighted by atomic mass is 9.97. The first kappa shape index (κ1) is 17.8. The third kappa shape index (κ3) is 3.85. The molecule has 0 radical (unpaired) electrons. The van der Waals surface area contributed by atoms with Crippen LogP contribution in [0.25, 0.3) is 0 Å². The molecule has 1 aromatic carbocycles. The lowest BCUT2D eigenvalue weighted by molar-refractivity contribution is -0.131. The van der Waals surface area contributed by atoms with E-state index in [1.54, 1.807) is 23.1 Å². The molecule has 0 N–H and O–H groups in total. The molecule has 1 fully saturated rings. The predicted molar refractivity (Wildman–Crippen MR) is 88.0 cm³/mol. The fraction of sp³-hybridized carbons (Fsp3) is 0.500. The number of likely N-dealkylation sites (tertiary alicyclic amines) is 1. The van der Waals surface area contributed by atoms with E-state index in [1.807, 2.05) is 19.9 Å². The van der Waals surface area contributed by atoms with Gasteiger partial charge in [-0.25, -0.2) is 0 Å². The number of Topliss-reactive ketones (excluding diaryl/α,β-unsaturated/α-hetero) is 1. The highest BCUT2D eigenvalue weighted by molar-refractivity contribution is 6.12. The molecule has 1 aliphatic heterocycles. The molecule has 0 saturated carbocycles. The Morgan fingerprint density at radius 2 is 1.79 bits per heavy atom. The number of amides is 1. The van der Waals surface area contributed by atoms with Gasteiger partial charge in [-0.05, 0) is 44.9 Å². The number of ketones is 1. The van der Waals surface area contributed by atoms with Gasteiger partial charge in [-0.2, -0.15) is 5.26 Å². The van der Waals surface area contributed by atoms with Gasteiger partial charge in [-0.15, -0.1) is 0 Å². The standard InChI is InChI=1S/C18H22N2O4/c1-3-23-15-8-7-13(11-16(15)24-4-2)17(21)14(12-19)18(22)20-9-5-6-10-20/h7-8,11,14H,3-6,9-10H2,1-2H3/t14-/m1/s1. The molecule has 0 spiro atoms. The third-order valence-corrected chi connectivity index (χ3v) is 3.88. The first-order valence-corrected chi connectivity index (χ1v) is 8.24. The van der Waals surface area contributed by atoms with Gasteiger partial charge in [0.2, 0.25) is 5.91 Å². The van der Waals surface area contributed by atoms with Gasteiger partial charge < -0.3 is 14.4 Å². The number of hydrogen-bond donors (Lipinski definition) is 0. The average Bonchev–Trinajstić information content (AvgIpc) is 3.12. The molecular formula is C18H22N2O4. The molecule has 1 amide bonds. The maximum absolute atomic E-state index is 12.6. The van der Waals surface area contributed by atoms with Gasteiger partial charge >= 0.3 is 0 Å². The van der Waals surface area contributed by atoms with Crippen molar-refractivity contribution in [1.82, 2.24) is 4.90 Å². The van der Waals surface area contributed by atoms with E-state index in [0.29, 0.717) is 37.8 Å². The molecule has 0 bridgehead atoms. The van der Waals surface area contributed by atoms with E-state index in [1.165, 1.54) is 0 Å². The molecule has 1 aliphatic rings. The lowest BCUT2D eigenvalue weighted by Crippen LogP contribution is -2.37. The zero-order chi connectivity index (χ0) is 17.5. The summed E-state index contributed by atoms with van der Waals surface area (Å²) in [6, 6.07) is 6.60. The van der Waals surface area contributed by atoms with Crippen LogP contribution >= 0.6 is 0 Å². The van der Waals surface area contributed by atoms with Crippen LogP contribution in [0.15, 0.2) is 18.2 Å². The predicted octanol–water partition coefficient (Wildman–Crippen LogP) is 2.43. The van der Waals surface area contributed by atoms with Crippen LogP contribution in [-0.4, -0.2) is 42.9 Å². The van der Waals surface area contributed by atoms with Gasteiger partial charge in [0.1, 0.15) is 0 Å². The Balaban J connectivity index is 2.24. The van der Waals surface area contributed by atoms with Gasteiger partial charge in [-0.1, -0.05) is 0 Å². The van der Waals surface area contributed by atoms with Crippen molar-refractivity contribution in [3.8, 4) is 17.6 Å². The third-order valence-electron chi connectivity index (χ3n) is 3.88. The van der Waals surface area contributed by atoms with Crippen LogP contribution in [0, 0.1) is 17.2 Å². The number of carbonyl (C=O) groups is 2. The molecule has 6 nitrogen and oxygen atoms in total. The second kappa shape index (κ2) is 8.34. The van der Waals surface area contributed by atoms with Crippen molar-refractivity contribution in [3.63, 3.8) is 0 Å². The Morgan fingerprint density at radius 3 is 2.38 bits per heavy atom. The molecule has 0 aliphatic carbocycles. The average molecular weight is 330 g/mol. The van der Waals surface area contributed by atoms with Crippen LogP contribution in [0.5, 0.6) is 11.5 Å². The van der Waals surface area contributed by atoms with Crippen LogP contribution < -0.4 is 9.47 Å². The molecule has 128 valence electrons. The summed E-state index contributed by atoms with van der Waals surface area (Å²) in [6.45, 7) is 5.80. The van der Waals surface area contributed by atoms with Crippen LogP contribution in [0.3, 0.4) is 0 Å². The quantitative estimate of drug-likeness (QED) is 0.566. The molecule has 2 rings (SSSR count). The van der Waals surface area contributed by atoms with Crippen LogP contribution in [0.1, 0.15) is 37.0 Å². The summed E-state index contributed by atoms with van der Waals surface area (Å²) in [5.41, 5.74) is 0.279. The van der Waals surface area contributed by atoms with Crippen molar-refractivity contribution in [3.05, 3.63) is 23.8 Å². The number of ether oxygens (including phenoxy) is 2. The van der Waals surface area contributed by atoms with Gasteiger partial charge in [0.15, 0.2) is 23.2 Å². The first-order chi connectivity index (χ1) is 11.6. The normalized spacial score (nSPS) is 14.8. The summed E-state index contributed by atoms with van der Waals surface area (Å²) in [4.78, 5) is 26.6. The molecule has 0 unspecified atom stereocenters. The highest BCUT2D eigenvalue weighted by Crippen LogP contribution is 2.29. The van der Waals surface area contributed by atoms with Gasteiger partial charge in [-0.3, -0.25) is 9.59 Å². The summed E-state index contributed by atoms with van der Waals surface area (Å²) >= 11 is 0. The molecule has 1 saturated heterocycles. The topological polar surface area (TPSA) is 79.6 Å². The number of nitrogens with zero attached hydrogens (tertiary/aromatic N) is 2. The molecular weight excluding hydrogens is 308 g/mol. The molecule has 1 atom stereocenters. The lowest BCUT2D eigenvalue weighted by Gasteiger charge is -2.18. The molecule has 1 heterocycles. The number of nitriles is 1. The summed E-state index contributed by atoms with van der Waals surface area (Å²) in [7, 11) is 0. The van der Waals surface area contributed by atoms with E-state index in [2.05, 4.69) is 0 Å². The number of rotatable bonds is 7. The Morgan fingerprint density at radius 1 is 1.17 bits per heavy atom. The summed E-state index contributed by atoms with van der Waals surface area (Å²) in [6.07, 6.45) is 1.82. The SMILES string of the molecule is CCOc1ccc(C(=O)[C@@H](C#N)C(=O)N2CCCC2)cc1OCC. The zero-order valence-corrected chi connectivity index (χ0v) is 14.1. The first-order valence-electron chi connectivity index (χ1n) is 8.24. The minimum absolute atomic E-state index is 0.279.